The van der Waals surface area contributed by atoms with Crippen LogP contribution in [0, 0.1) is 0 Å². The van der Waals surface area contributed by atoms with Gasteiger partial charge in [0.25, 0.3) is 0 Å². The lowest BCUT2D eigenvalue weighted by atomic mass is 10.1. The van der Waals surface area contributed by atoms with E-state index < -0.39 is 0 Å². The molecule has 1 aliphatic carbocycles. The highest BCUT2D eigenvalue weighted by Gasteiger charge is 2.25. The molecule has 0 aromatic carbocycles. The van der Waals surface area contributed by atoms with Crippen molar-refractivity contribution in [2.45, 2.75) is 32.2 Å². The monoisotopic (exact) mass is 293 g/mol. The molecule has 3 nitrogen and oxygen atoms in total. The third-order valence-electron chi connectivity index (χ3n) is 3.94. The minimum absolute atomic E-state index is 0.475. The van der Waals surface area contributed by atoms with E-state index in [0.717, 1.165) is 42.3 Å². The first-order valence-electron chi connectivity index (χ1n) is 6.84. The molecule has 0 saturated carbocycles. The third-order valence-corrected chi connectivity index (χ3v) is 5.35. The maximum Gasteiger partial charge on any atom is 0.139 e. The van der Waals surface area contributed by atoms with Crippen molar-refractivity contribution in [3.8, 4) is 0 Å². The number of rotatable bonds is 2. The van der Waals surface area contributed by atoms with Gasteiger partial charge in [0.1, 0.15) is 10.8 Å². The molecule has 0 bridgehead atoms. The minimum Gasteiger partial charge on any atom is -0.389 e. The van der Waals surface area contributed by atoms with Gasteiger partial charge in [0.05, 0.1) is 5.56 Å². The van der Waals surface area contributed by atoms with E-state index in [9.17, 15) is 0 Å². The lowest BCUT2D eigenvalue weighted by Gasteiger charge is -2.35. The molecule has 19 heavy (non-hydrogen) atoms. The summed E-state index contributed by atoms with van der Waals surface area (Å²) in [6.07, 6.45) is 3.41. The number of nitrogens with two attached hydrogens (primary N) is 1. The molecule has 1 unspecified atom stereocenters. The molecule has 1 fully saturated rings. The average molecular weight is 293 g/mol. The zero-order valence-corrected chi connectivity index (χ0v) is 12.8. The topological polar surface area (TPSA) is 42.2 Å². The Hall–Kier alpha value is -0.810. The second kappa shape index (κ2) is 5.29. The van der Waals surface area contributed by atoms with Crippen LogP contribution in [-0.2, 0) is 12.8 Å². The number of nitrogens with zero attached hydrogens (tertiary/aromatic N) is 2. The highest BCUT2D eigenvalue weighted by Crippen LogP contribution is 2.30. The summed E-state index contributed by atoms with van der Waals surface area (Å²) in [5.74, 6) is 3.32. The van der Waals surface area contributed by atoms with E-state index in [0.29, 0.717) is 11.0 Å². The second-order valence-corrected chi connectivity index (χ2v) is 6.89. The van der Waals surface area contributed by atoms with Crippen molar-refractivity contribution in [3.63, 3.8) is 0 Å². The predicted molar refractivity (Wildman–Crippen MR) is 86.3 cm³/mol. The minimum atomic E-state index is 0.475. The molecule has 5 heteroatoms. The Morgan fingerprint density at radius 3 is 3.11 bits per heavy atom. The van der Waals surface area contributed by atoms with Crippen LogP contribution in [-0.4, -0.2) is 34.1 Å². The first kappa shape index (κ1) is 13.2. The maximum absolute atomic E-state index is 5.92. The Balaban J connectivity index is 2.05. The van der Waals surface area contributed by atoms with Crippen LogP contribution in [0.3, 0.4) is 0 Å². The van der Waals surface area contributed by atoms with Gasteiger partial charge >= 0.3 is 0 Å². The van der Waals surface area contributed by atoms with E-state index in [4.69, 9.17) is 22.9 Å². The van der Waals surface area contributed by atoms with Gasteiger partial charge in [0, 0.05) is 29.8 Å². The largest absolute Gasteiger partial charge is 0.389 e. The molecule has 3 rings (SSSR count). The van der Waals surface area contributed by atoms with Crippen LogP contribution < -0.4 is 10.6 Å². The number of thiocarbonyl (C=S) groups is 1. The summed E-state index contributed by atoms with van der Waals surface area (Å²) >= 11 is 7.24. The summed E-state index contributed by atoms with van der Waals surface area (Å²) in [4.78, 5) is 7.75. The van der Waals surface area contributed by atoms with Crippen LogP contribution >= 0.6 is 24.0 Å². The Morgan fingerprint density at radius 2 is 2.37 bits per heavy atom. The van der Waals surface area contributed by atoms with Crippen LogP contribution in [0.4, 0.5) is 5.82 Å². The smallest absolute Gasteiger partial charge is 0.139 e. The zero-order chi connectivity index (χ0) is 13.4. The van der Waals surface area contributed by atoms with Crippen molar-refractivity contribution < 1.29 is 0 Å². The summed E-state index contributed by atoms with van der Waals surface area (Å²) in [5.41, 5.74) is 9.48. The fraction of sp³-hybridized carbons (Fsp3) is 0.571. The van der Waals surface area contributed by atoms with Gasteiger partial charge < -0.3 is 10.6 Å². The molecule has 102 valence electrons. The number of pyridine rings is 1. The number of anilines is 1. The number of hydrogen-bond donors (Lipinski definition) is 1. The molecule has 2 aliphatic rings. The lowest BCUT2D eigenvalue weighted by Crippen LogP contribution is -2.42. The van der Waals surface area contributed by atoms with E-state index in [-0.39, 0.29) is 0 Å². The van der Waals surface area contributed by atoms with Crippen molar-refractivity contribution in [3.05, 3.63) is 22.9 Å². The van der Waals surface area contributed by atoms with Gasteiger partial charge in [0.15, 0.2) is 0 Å². The Bertz CT molecular complexity index is 516. The molecular formula is C14H19N3S2. The molecule has 1 aromatic rings. The Kier molecular flexibility index (Phi) is 3.67. The first-order valence-corrected chi connectivity index (χ1v) is 8.40. The molecule has 0 spiro atoms. The van der Waals surface area contributed by atoms with Crippen molar-refractivity contribution in [1.29, 1.82) is 0 Å². The van der Waals surface area contributed by atoms with Crippen LogP contribution in [0.25, 0.3) is 0 Å². The average Bonchev–Trinajstić information content (AvgIpc) is 2.85. The van der Waals surface area contributed by atoms with Gasteiger partial charge in [-0.2, -0.15) is 11.8 Å². The molecular weight excluding hydrogens is 274 g/mol. The molecule has 1 aromatic heterocycles. The number of aryl methyl sites for hydroxylation is 2. The van der Waals surface area contributed by atoms with Gasteiger partial charge in [-0.05, 0) is 37.8 Å². The van der Waals surface area contributed by atoms with Gasteiger partial charge in [-0.1, -0.05) is 12.2 Å². The van der Waals surface area contributed by atoms with Crippen LogP contribution in [0.15, 0.2) is 6.07 Å². The zero-order valence-electron chi connectivity index (χ0n) is 11.2. The molecule has 0 amide bonds. The SMILES string of the molecule is CC1CSCCN1c1nc2c(cc1C(N)=S)CCC2. The van der Waals surface area contributed by atoms with Crippen LogP contribution in [0.1, 0.15) is 30.2 Å². The fourth-order valence-corrected chi connectivity index (χ4v) is 4.07. The van der Waals surface area contributed by atoms with E-state index >= 15 is 0 Å². The van der Waals surface area contributed by atoms with Crippen molar-refractivity contribution in [2.75, 3.05) is 23.0 Å². The number of hydrogen-bond acceptors (Lipinski definition) is 4. The molecule has 1 saturated heterocycles. The van der Waals surface area contributed by atoms with E-state index in [1.165, 1.54) is 17.7 Å². The second-order valence-electron chi connectivity index (χ2n) is 5.30. The van der Waals surface area contributed by atoms with Crippen LogP contribution in [0.5, 0.6) is 0 Å². The van der Waals surface area contributed by atoms with Gasteiger partial charge in [-0.25, -0.2) is 4.98 Å². The van der Waals surface area contributed by atoms with Crippen molar-refractivity contribution in [1.82, 2.24) is 4.98 Å². The van der Waals surface area contributed by atoms with Crippen molar-refractivity contribution >= 4 is 34.8 Å². The highest BCUT2D eigenvalue weighted by atomic mass is 32.2. The normalized spacial score (nSPS) is 22.4. The predicted octanol–water partition coefficient (Wildman–Crippen LogP) is 2.15. The van der Waals surface area contributed by atoms with Gasteiger partial charge in [-0.3, -0.25) is 0 Å². The fourth-order valence-electron chi connectivity index (χ4n) is 2.90. The molecule has 0 radical (unpaired) electrons. The molecule has 1 aliphatic heterocycles. The third kappa shape index (κ3) is 2.46. The number of aromatic nitrogens is 1. The highest BCUT2D eigenvalue weighted by molar-refractivity contribution is 7.99. The van der Waals surface area contributed by atoms with E-state index in [1.807, 2.05) is 11.8 Å². The van der Waals surface area contributed by atoms with E-state index in [2.05, 4.69) is 17.9 Å². The summed E-state index contributed by atoms with van der Waals surface area (Å²) in [5, 5.41) is 0. The molecule has 1 atom stereocenters. The summed E-state index contributed by atoms with van der Waals surface area (Å²) < 4.78 is 0. The lowest BCUT2D eigenvalue weighted by molar-refractivity contribution is 0.687. The number of fused-ring (bicyclic) bond motifs is 1. The van der Waals surface area contributed by atoms with Gasteiger partial charge in [-0.15, -0.1) is 0 Å². The molecule has 2 N–H and O–H groups in total. The quantitative estimate of drug-likeness (QED) is 0.846. The Labute approximate surface area is 124 Å². The summed E-state index contributed by atoms with van der Waals surface area (Å²) in [6.45, 7) is 3.29. The van der Waals surface area contributed by atoms with Crippen molar-refractivity contribution in [2.24, 2.45) is 5.73 Å². The number of thioether (sulfide) groups is 1. The Morgan fingerprint density at radius 1 is 1.53 bits per heavy atom. The van der Waals surface area contributed by atoms with Gasteiger partial charge in [0.2, 0.25) is 0 Å². The summed E-state index contributed by atoms with van der Waals surface area (Å²) in [6, 6.07) is 2.68. The van der Waals surface area contributed by atoms with Crippen LogP contribution in [0.2, 0.25) is 0 Å². The first-order chi connectivity index (χ1) is 9.16. The maximum atomic E-state index is 5.92. The summed E-state index contributed by atoms with van der Waals surface area (Å²) in [7, 11) is 0. The van der Waals surface area contributed by atoms with E-state index in [1.54, 1.807) is 0 Å². The molecule has 2 heterocycles. The standard InChI is InChI=1S/C14H19N3S2/c1-9-8-19-6-5-17(9)14-11(13(15)18)7-10-3-2-4-12(10)16-14/h7,9H,2-6,8H2,1H3,(H2,15,18).